The van der Waals surface area contributed by atoms with E-state index in [1.54, 1.807) is 12.2 Å². The summed E-state index contributed by atoms with van der Waals surface area (Å²) in [6, 6.07) is 3.66. The van der Waals surface area contributed by atoms with E-state index in [0.29, 0.717) is 18.5 Å². The fourth-order valence-electron chi connectivity index (χ4n) is 1.01. The van der Waals surface area contributed by atoms with Crippen molar-refractivity contribution in [1.29, 1.82) is 0 Å². The molecule has 0 saturated heterocycles. The van der Waals surface area contributed by atoms with Crippen LogP contribution in [0.25, 0.3) is 16.5 Å². The Labute approximate surface area is 85.7 Å². The monoisotopic (exact) mass is 209 g/mol. The molecule has 1 aromatic carbocycles. The van der Waals surface area contributed by atoms with E-state index in [1.165, 1.54) is 6.07 Å². The van der Waals surface area contributed by atoms with Crippen molar-refractivity contribution < 1.29 is 8.78 Å². The maximum Gasteiger partial charge on any atom is 0.159 e. The molecule has 0 aromatic heterocycles. The number of azide groups is 1. The van der Waals surface area contributed by atoms with E-state index < -0.39 is 11.6 Å². The lowest BCUT2D eigenvalue weighted by atomic mass is 10.2. The van der Waals surface area contributed by atoms with Crippen molar-refractivity contribution in [3.05, 3.63) is 51.9 Å². The standard InChI is InChI=1S/C10H9F2N3/c11-9-5-4-8(7-10(9)12)3-1-2-6-14-15-13/h1,3-5,7H,2,6H2. The van der Waals surface area contributed by atoms with Gasteiger partial charge in [-0.15, -0.1) is 0 Å². The average Bonchev–Trinajstić information content (AvgIpc) is 2.23. The minimum absolute atomic E-state index is 0.358. The highest BCUT2D eigenvalue weighted by molar-refractivity contribution is 5.49. The lowest BCUT2D eigenvalue weighted by molar-refractivity contribution is 0.508. The van der Waals surface area contributed by atoms with Crippen LogP contribution in [-0.2, 0) is 0 Å². The van der Waals surface area contributed by atoms with Gasteiger partial charge >= 0.3 is 0 Å². The van der Waals surface area contributed by atoms with E-state index in [1.807, 2.05) is 0 Å². The fourth-order valence-corrected chi connectivity index (χ4v) is 1.01. The second kappa shape index (κ2) is 5.78. The molecule has 0 aliphatic heterocycles. The molecule has 0 atom stereocenters. The summed E-state index contributed by atoms with van der Waals surface area (Å²) in [4.78, 5) is 2.59. The maximum atomic E-state index is 12.7. The van der Waals surface area contributed by atoms with Gasteiger partial charge in [-0.1, -0.05) is 23.3 Å². The number of benzene rings is 1. The van der Waals surface area contributed by atoms with E-state index >= 15 is 0 Å². The van der Waals surface area contributed by atoms with Gasteiger partial charge in [-0.25, -0.2) is 8.78 Å². The first kappa shape index (κ1) is 11.2. The van der Waals surface area contributed by atoms with E-state index in [4.69, 9.17) is 5.53 Å². The highest BCUT2D eigenvalue weighted by Crippen LogP contribution is 2.10. The molecule has 0 fully saturated rings. The van der Waals surface area contributed by atoms with Crippen LogP contribution in [0.3, 0.4) is 0 Å². The van der Waals surface area contributed by atoms with Crippen molar-refractivity contribution in [2.24, 2.45) is 5.11 Å². The van der Waals surface area contributed by atoms with Crippen LogP contribution in [0.15, 0.2) is 29.4 Å². The molecule has 78 valence electrons. The molecule has 0 spiro atoms. The van der Waals surface area contributed by atoms with Gasteiger partial charge in [0.15, 0.2) is 11.6 Å². The zero-order valence-electron chi connectivity index (χ0n) is 7.90. The lowest BCUT2D eigenvalue weighted by Crippen LogP contribution is -1.83. The largest absolute Gasteiger partial charge is 0.204 e. The Morgan fingerprint density at radius 3 is 2.80 bits per heavy atom. The van der Waals surface area contributed by atoms with E-state index in [-0.39, 0.29) is 0 Å². The summed E-state index contributed by atoms with van der Waals surface area (Å²) in [7, 11) is 0. The minimum Gasteiger partial charge on any atom is -0.204 e. The molecule has 0 unspecified atom stereocenters. The smallest absolute Gasteiger partial charge is 0.159 e. The zero-order valence-corrected chi connectivity index (χ0v) is 7.90. The van der Waals surface area contributed by atoms with Gasteiger partial charge in [-0.05, 0) is 29.6 Å². The molecule has 1 aromatic rings. The van der Waals surface area contributed by atoms with Crippen LogP contribution in [0.1, 0.15) is 12.0 Å². The van der Waals surface area contributed by atoms with Crippen LogP contribution in [0.5, 0.6) is 0 Å². The molecule has 0 amide bonds. The predicted octanol–water partition coefficient (Wildman–Crippen LogP) is 3.68. The molecule has 0 aliphatic rings. The highest BCUT2D eigenvalue weighted by atomic mass is 19.2. The molecule has 0 radical (unpaired) electrons. The van der Waals surface area contributed by atoms with Crippen LogP contribution in [0.2, 0.25) is 0 Å². The summed E-state index contributed by atoms with van der Waals surface area (Å²) >= 11 is 0. The summed E-state index contributed by atoms with van der Waals surface area (Å²) in [5, 5.41) is 3.33. The van der Waals surface area contributed by atoms with Crippen molar-refractivity contribution in [2.45, 2.75) is 6.42 Å². The molecule has 0 bridgehead atoms. The van der Waals surface area contributed by atoms with Crippen molar-refractivity contribution in [2.75, 3.05) is 6.54 Å². The quantitative estimate of drug-likeness (QED) is 0.314. The Hall–Kier alpha value is -1.87. The number of hydrogen-bond donors (Lipinski definition) is 0. The first-order chi connectivity index (χ1) is 7.24. The molecular weight excluding hydrogens is 200 g/mol. The number of halogens is 2. The van der Waals surface area contributed by atoms with Gasteiger partial charge in [0.25, 0.3) is 0 Å². The first-order valence-corrected chi connectivity index (χ1v) is 4.36. The summed E-state index contributed by atoms with van der Waals surface area (Å²) < 4.78 is 25.3. The zero-order chi connectivity index (χ0) is 11.1. The van der Waals surface area contributed by atoms with Crippen molar-refractivity contribution in [3.8, 4) is 0 Å². The Morgan fingerprint density at radius 2 is 2.13 bits per heavy atom. The van der Waals surface area contributed by atoms with Gasteiger partial charge in [0.2, 0.25) is 0 Å². The van der Waals surface area contributed by atoms with E-state index in [2.05, 4.69) is 10.0 Å². The highest BCUT2D eigenvalue weighted by Gasteiger charge is 1.99. The van der Waals surface area contributed by atoms with Crippen LogP contribution in [0.4, 0.5) is 8.78 Å². The Kier molecular flexibility index (Phi) is 4.31. The van der Waals surface area contributed by atoms with E-state index in [9.17, 15) is 8.78 Å². The van der Waals surface area contributed by atoms with Gasteiger partial charge in [-0.3, -0.25) is 0 Å². The molecule has 0 aliphatic carbocycles. The first-order valence-electron chi connectivity index (χ1n) is 4.36. The SMILES string of the molecule is [N-]=[N+]=NCCC=Cc1ccc(F)c(F)c1. The number of rotatable bonds is 4. The van der Waals surface area contributed by atoms with Crippen LogP contribution in [0, 0.1) is 11.6 Å². The Morgan fingerprint density at radius 1 is 1.33 bits per heavy atom. The second-order valence-corrected chi connectivity index (χ2v) is 2.82. The third-order valence-corrected chi connectivity index (χ3v) is 1.71. The van der Waals surface area contributed by atoms with Crippen molar-refractivity contribution >= 4 is 6.08 Å². The fraction of sp³-hybridized carbons (Fsp3) is 0.200. The molecule has 0 N–H and O–H groups in total. The predicted molar refractivity (Wildman–Crippen MR) is 54.0 cm³/mol. The van der Waals surface area contributed by atoms with Crippen LogP contribution >= 0.6 is 0 Å². The summed E-state index contributed by atoms with van der Waals surface area (Å²) in [6.07, 6.45) is 3.96. The van der Waals surface area contributed by atoms with Crippen LogP contribution in [-0.4, -0.2) is 6.54 Å². The molecule has 1 rings (SSSR count). The van der Waals surface area contributed by atoms with Crippen molar-refractivity contribution in [1.82, 2.24) is 0 Å². The molecule has 3 nitrogen and oxygen atoms in total. The molecular formula is C10H9F2N3. The molecule has 15 heavy (non-hydrogen) atoms. The van der Waals surface area contributed by atoms with Gasteiger partial charge < -0.3 is 0 Å². The topological polar surface area (TPSA) is 48.8 Å². The van der Waals surface area contributed by atoms with Gasteiger partial charge in [0.1, 0.15) is 0 Å². The lowest BCUT2D eigenvalue weighted by Gasteiger charge is -1.94. The van der Waals surface area contributed by atoms with Gasteiger partial charge in [-0.2, -0.15) is 0 Å². The third-order valence-electron chi connectivity index (χ3n) is 1.71. The summed E-state index contributed by atoms with van der Waals surface area (Å²) in [5.74, 6) is -1.73. The summed E-state index contributed by atoms with van der Waals surface area (Å²) in [5.41, 5.74) is 8.57. The Balaban J connectivity index is 2.56. The van der Waals surface area contributed by atoms with Crippen molar-refractivity contribution in [3.63, 3.8) is 0 Å². The van der Waals surface area contributed by atoms with Gasteiger partial charge in [0, 0.05) is 11.5 Å². The maximum absolute atomic E-state index is 12.7. The molecule has 0 saturated carbocycles. The number of hydrogen-bond acceptors (Lipinski definition) is 1. The number of nitrogens with zero attached hydrogens (tertiary/aromatic N) is 3. The third kappa shape index (κ3) is 3.79. The second-order valence-electron chi connectivity index (χ2n) is 2.82. The summed E-state index contributed by atoms with van der Waals surface area (Å²) in [6.45, 7) is 0.358. The van der Waals surface area contributed by atoms with Crippen LogP contribution < -0.4 is 0 Å². The molecule has 5 heteroatoms. The normalized spacial score (nSPS) is 10.3. The Bertz CT molecular complexity index is 409. The molecule has 0 heterocycles. The average molecular weight is 209 g/mol. The minimum atomic E-state index is -0.868. The van der Waals surface area contributed by atoms with Gasteiger partial charge in [0.05, 0.1) is 0 Å². The van der Waals surface area contributed by atoms with E-state index in [0.717, 1.165) is 12.1 Å².